The molecule has 1 aliphatic rings. The second kappa shape index (κ2) is 9.94. The van der Waals surface area contributed by atoms with Crippen LogP contribution in [-0.4, -0.2) is 29.2 Å². The third kappa shape index (κ3) is 5.16. The third-order valence-electron chi connectivity index (χ3n) is 6.30. The molecule has 0 bridgehead atoms. The Labute approximate surface area is 190 Å². The first-order valence-corrected chi connectivity index (χ1v) is 11.5. The summed E-state index contributed by atoms with van der Waals surface area (Å²) in [6.07, 6.45) is 1.88. The summed E-state index contributed by atoms with van der Waals surface area (Å²) >= 11 is 0. The maximum Gasteiger partial charge on any atom is 0.225 e. The molecule has 32 heavy (non-hydrogen) atoms. The van der Waals surface area contributed by atoms with Crippen molar-refractivity contribution in [2.24, 2.45) is 5.92 Å². The first-order chi connectivity index (χ1) is 15.5. The molecule has 1 atom stereocenters. The molecule has 5 nitrogen and oxygen atoms in total. The van der Waals surface area contributed by atoms with Crippen LogP contribution >= 0.6 is 0 Å². The lowest BCUT2D eigenvalue weighted by Gasteiger charge is -2.32. The van der Waals surface area contributed by atoms with E-state index in [-0.39, 0.29) is 11.8 Å². The third-order valence-corrected chi connectivity index (χ3v) is 6.30. The number of piperidine rings is 1. The Morgan fingerprint density at radius 1 is 1.06 bits per heavy atom. The Kier molecular flexibility index (Phi) is 6.84. The fourth-order valence-electron chi connectivity index (χ4n) is 4.25. The maximum absolute atomic E-state index is 12.8. The van der Waals surface area contributed by atoms with Crippen LogP contribution in [0.2, 0.25) is 0 Å². The smallest absolute Gasteiger partial charge is 0.225 e. The minimum Gasteiger partial charge on any atom is -0.354 e. The van der Waals surface area contributed by atoms with Crippen molar-refractivity contribution in [2.45, 2.75) is 46.1 Å². The van der Waals surface area contributed by atoms with Crippen LogP contribution in [0.4, 0.5) is 5.82 Å². The Hall–Kier alpha value is -3.21. The van der Waals surface area contributed by atoms with Gasteiger partial charge in [-0.05, 0) is 54.5 Å². The zero-order valence-electron chi connectivity index (χ0n) is 19.2. The van der Waals surface area contributed by atoms with Gasteiger partial charge in [-0.25, -0.2) is 0 Å². The zero-order valence-corrected chi connectivity index (χ0v) is 19.2. The topological polar surface area (TPSA) is 58.1 Å². The van der Waals surface area contributed by atoms with E-state index in [0.717, 1.165) is 42.0 Å². The molecule has 0 spiro atoms. The number of anilines is 1. The summed E-state index contributed by atoms with van der Waals surface area (Å²) in [6, 6.07) is 20.7. The van der Waals surface area contributed by atoms with Crippen molar-refractivity contribution in [3.05, 3.63) is 77.4 Å². The van der Waals surface area contributed by atoms with Gasteiger partial charge in [0.25, 0.3) is 0 Å². The summed E-state index contributed by atoms with van der Waals surface area (Å²) in [6.45, 7) is 8.60. The standard InChI is InChI=1S/C27H32N4O/c1-19(2)22-12-10-21(11-13-22)17-28-27(32)23-8-6-16-31(18-23)26-15-14-25(29-30-26)24-9-5-4-7-20(24)3/h4-5,7,9-15,19,23H,6,8,16-18H2,1-3H3,(H,28,32)/t23-/m1/s1. The molecular formula is C27H32N4O. The van der Waals surface area contributed by atoms with Crippen molar-refractivity contribution in [3.63, 3.8) is 0 Å². The number of aryl methyl sites for hydroxylation is 1. The molecule has 4 rings (SSSR count). The van der Waals surface area contributed by atoms with Crippen LogP contribution in [0.3, 0.4) is 0 Å². The van der Waals surface area contributed by atoms with E-state index >= 15 is 0 Å². The monoisotopic (exact) mass is 428 g/mol. The highest BCUT2D eigenvalue weighted by atomic mass is 16.1. The van der Waals surface area contributed by atoms with E-state index in [1.165, 1.54) is 11.1 Å². The molecular weight excluding hydrogens is 396 g/mol. The number of hydrogen-bond donors (Lipinski definition) is 1. The molecule has 1 aromatic heterocycles. The molecule has 0 saturated carbocycles. The van der Waals surface area contributed by atoms with E-state index < -0.39 is 0 Å². The second-order valence-corrected chi connectivity index (χ2v) is 8.99. The van der Waals surface area contributed by atoms with Crippen molar-refractivity contribution >= 4 is 11.7 Å². The number of carbonyl (C=O) groups is 1. The number of hydrogen-bond acceptors (Lipinski definition) is 4. The molecule has 5 heteroatoms. The first kappa shape index (κ1) is 22.0. The molecule has 1 fully saturated rings. The van der Waals surface area contributed by atoms with E-state index in [2.05, 4.69) is 77.6 Å². The summed E-state index contributed by atoms with van der Waals surface area (Å²) in [5.74, 6) is 1.44. The summed E-state index contributed by atoms with van der Waals surface area (Å²) in [4.78, 5) is 15.0. The molecule has 0 radical (unpaired) electrons. The fourth-order valence-corrected chi connectivity index (χ4v) is 4.25. The highest BCUT2D eigenvalue weighted by Gasteiger charge is 2.26. The quantitative estimate of drug-likeness (QED) is 0.593. The Balaban J connectivity index is 1.35. The van der Waals surface area contributed by atoms with Crippen LogP contribution in [0.15, 0.2) is 60.7 Å². The van der Waals surface area contributed by atoms with Crippen LogP contribution < -0.4 is 10.2 Å². The molecule has 0 unspecified atom stereocenters. The number of nitrogens with zero attached hydrogens (tertiary/aromatic N) is 3. The first-order valence-electron chi connectivity index (χ1n) is 11.5. The lowest BCUT2D eigenvalue weighted by molar-refractivity contribution is -0.125. The van der Waals surface area contributed by atoms with E-state index in [4.69, 9.17) is 0 Å². The summed E-state index contributed by atoms with van der Waals surface area (Å²) in [7, 11) is 0. The number of amides is 1. The van der Waals surface area contributed by atoms with Crippen LogP contribution in [0, 0.1) is 12.8 Å². The zero-order chi connectivity index (χ0) is 22.5. The molecule has 1 aliphatic heterocycles. The molecule has 2 heterocycles. The van der Waals surface area contributed by atoms with Gasteiger partial charge in [-0.15, -0.1) is 10.2 Å². The predicted molar refractivity (Wildman–Crippen MR) is 130 cm³/mol. The fraction of sp³-hybridized carbons (Fsp3) is 0.370. The highest BCUT2D eigenvalue weighted by Crippen LogP contribution is 2.25. The predicted octanol–water partition coefficient (Wildman–Crippen LogP) is 5.11. The van der Waals surface area contributed by atoms with Crippen molar-refractivity contribution in [1.82, 2.24) is 15.5 Å². The van der Waals surface area contributed by atoms with Gasteiger partial charge in [-0.2, -0.15) is 0 Å². The van der Waals surface area contributed by atoms with Gasteiger partial charge in [-0.3, -0.25) is 4.79 Å². The van der Waals surface area contributed by atoms with Crippen molar-refractivity contribution in [2.75, 3.05) is 18.0 Å². The van der Waals surface area contributed by atoms with E-state index in [1.807, 2.05) is 24.3 Å². The number of carbonyl (C=O) groups excluding carboxylic acids is 1. The number of aromatic nitrogens is 2. The highest BCUT2D eigenvalue weighted by molar-refractivity contribution is 5.79. The van der Waals surface area contributed by atoms with Gasteiger partial charge in [0.2, 0.25) is 5.91 Å². The Morgan fingerprint density at radius 3 is 2.53 bits per heavy atom. The van der Waals surface area contributed by atoms with Crippen LogP contribution in [0.25, 0.3) is 11.3 Å². The summed E-state index contributed by atoms with van der Waals surface area (Å²) in [5, 5.41) is 12.1. The molecule has 166 valence electrons. The lowest BCUT2D eigenvalue weighted by atomic mass is 9.97. The van der Waals surface area contributed by atoms with Gasteiger partial charge < -0.3 is 10.2 Å². The summed E-state index contributed by atoms with van der Waals surface area (Å²) in [5.41, 5.74) is 5.61. The van der Waals surface area contributed by atoms with Gasteiger partial charge in [-0.1, -0.05) is 62.4 Å². The largest absolute Gasteiger partial charge is 0.354 e. The van der Waals surface area contributed by atoms with Crippen molar-refractivity contribution in [3.8, 4) is 11.3 Å². The van der Waals surface area contributed by atoms with Gasteiger partial charge in [0, 0.05) is 25.2 Å². The normalized spacial score (nSPS) is 16.2. The average Bonchev–Trinajstić information content (AvgIpc) is 2.83. The molecule has 2 aromatic carbocycles. The molecule has 1 N–H and O–H groups in total. The minimum absolute atomic E-state index is 0.0310. The molecule has 3 aromatic rings. The number of rotatable bonds is 6. The second-order valence-electron chi connectivity index (χ2n) is 8.99. The van der Waals surface area contributed by atoms with Gasteiger partial charge in [0.1, 0.15) is 0 Å². The number of nitrogens with one attached hydrogen (secondary N) is 1. The lowest BCUT2D eigenvalue weighted by Crippen LogP contribution is -2.43. The van der Waals surface area contributed by atoms with Gasteiger partial charge in [0.05, 0.1) is 11.6 Å². The Bertz CT molecular complexity index is 1040. The van der Waals surface area contributed by atoms with Crippen LogP contribution in [-0.2, 0) is 11.3 Å². The van der Waals surface area contributed by atoms with Crippen molar-refractivity contribution < 1.29 is 4.79 Å². The van der Waals surface area contributed by atoms with E-state index in [1.54, 1.807) is 0 Å². The average molecular weight is 429 g/mol. The Morgan fingerprint density at radius 2 is 1.84 bits per heavy atom. The minimum atomic E-state index is -0.0310. The van der Waals surface area contributed by atoms with E-state index in [0.29, 0.717) is 19.0 Å². The van der Waals surface area contributed by atoms with Crippen molar-refractivity contribution in [1.29, 1.82) is 0 Å². The van der Waals surface area contributed by atoms with E-state index in [9.17, 15) is 4.79 Å². The van der Waals surface area contributed by atoms with Gasteiger partial charge >= 0.3 is 0 Å². The molecule has 1 saturated heterocycles. The number of benzene rings is 2. The van der Waals surface area contributed by atoms with Gasteiger partial charge in [0.15, 0.2) is 5.82 Å². The molecule has 0 aliphatic carbocycles. The summed E-state index contributed by atoms with van der Waals surface area (Å²) < 4.78 is 0. The van der Waals surface area contributed by atoms with Crippen LogP contribution in [0.1, 0.15) is 49.3 Å². The SMILES string of the molecule is Cc1ccccc1-c1ccc(N2CCC[C@@H](C(=O)NCc3ccc(C(C)C)cc3)C2)nn1. The maximum atomic E-state index is 12.8. The van der Waals surface area contributed by atoms with Crippen LogP contribution in [0.5, 0.6) is 0 Å². The molecule has 1 amide bonds.